The molecule has 4 nitrogen and oxygen atoms in total. The fourth-order valence-electron chi connectivity index (χ4n) is 1.34. The minimum atomic E-state index is 0.648. The van der Waals surface area contributed by atoms with E-state index in [4.69, 9.17) is 0 Å². The molecule has 2 N–H and O–H groups in total. The molecule has 0 saturated carbocycles. The number of hydrazine groups is 1. The molecular weight excluding hydrogens is 232 g/mol. The Bertz CT molecular complexity index is 305. The summed E-state index contributed by atoms with van der Waals surface area (Å²) in [6, 6.07) is 0. The number of hydrogen-bond donors (Lipinski definition) is 2. The van der Waals surface area contributed by atoms with Gasteiger partial charge < -0.3 is 5.32 Å². The van der Waals surface area contributed by atoms with E-state index < -0.39 is 0 Å². The Kier molecular flexibility index (Phi) is 2.37. The van der Waals surface area contributed by atoms with Gasteiger partial charge in [0.15, 0.2) is 5.84 Å². The van der Waals surface area contributed by atoms with E-state index in [1.54, 1.807) is 0 Å². The largest absolute Gasteiger partial charge is 0.382 e. The first-order valence-corrected chi connectivity index (χ1v) is 5.01. The Morgan fingerprint density at radius 3 is 3.38 bits per heavy atom. The quantitative estimate of drug-likeness (QED) is 0.757. The summed E-state index contributed by atoms with van der Waals surface area (Å²) in [4.78, 5) is 4.33. The maximum Gasteiger partial charge on any atom is 0.167 e. The van der Waals surface area contributed by atoms with Crippen LogP contribution in [-0.4, -0.2) is 24.1 Å². The molecule has 2 rings (SSSR count). The van der Waals surface area contributed by atoms with Crippen LogP contribution in [0.25, 0.3) is 0 Å². The first-order valence-electron chi connectivity index (χ1n) is 4.21. The van der Waals surface area contributed by atoms with Gasteiger partial charge in [0, 0.05) is 17.2 Å². The van der Waals surface area contributed by atoms with Crippen molar-refractivity contribution in [2.75, 3.05) is 13.2 Å². The molecule has 0 atom stereocenters. The lowest BCUT2D eigenvalue weighted by Gasteiger charge is -2.22. The third kappa shape index (κ3) is 1.62. The summed E-state index contributed by atoms with van der Waals surface area (Å²) < 4.78 is 1.04. The second kappa shape index (κ2) is 3.51. The van der Waals surface area contributed by atoms with Crippen molar-refractivity contribution in [3.8, 4) is 0 Å². The summed E-state index contributed by atoms with van der Waals surface area (Å²) in [5.74, 6) is 0.963. The Labute approximate surface area is 85.5 Å². The fraction of sp³-hybridized carbons (Fsp3) is 0.375. The standard InChI is InChI=1S/C8H11BrN4/c1-2-10-7-3-6(9)4-13-8(7)11-5-12-13/h3-4,10,12H,2,5H2,1H3. The van der Waals surface area contributed by atoms with Crippen molar-refractivity contribution >= 4 is 21.8 Å². The third-order valence-electron chi connectivity index (χ3n) is 1.84. The van der Waals surface area contributed by atoms with Crippen molar-refractivity contribution in [1.82, 2.24) is 15.8 Å². The molecule has 0 amide bonds. The number of amidine groups is 1. The van der Waals surface area contributed by atoms with Crippen molar-refractivity contribution in [2.45, 2.75) is 6.92 Å². The average molecular weight is 243 g/mol. The number of allylic oxidation sites excluding steroid dienone is 2. The van der Waals surface area contributed by atoms with E-state index in [0.717, 1.165) is 22.6 Å². The van der Waals surface area contributed by atoms with Crippen LogP contribution >= 0.6 is 15.9 Å². The number of fused-ring (bicyclic) bond motifs is 1. The van der Waals surface area contributed by atoms with E-state index in [1.165, 1.54) is 0 Å². The molecule has 70 valence electrons. The van der Waals surface area contributed by atoms with E-state index in [2.05, 4.69) is 38.6 Å². The van der Waals surface area contributed by atoms with Crippen LogP contribution in [0.1, 0.15) is 6.92 Å². The Balaban J connectivity index is 2.27. The van der Waals surface area contributed by atoms with Crippen molar-refractivity contribution in [3.05, 3.63) is 22.5 Å². The van der Waals surface area contributed by atoms with E-state index in [9.17, 15) is 0 Å². The molecule has 0 aromatic carbocycles. The number of likely N-dealkylation sites (N-methyl/N-ethyl adjacent to an activating group) is 1. The molecule has 2 heterocycles. The van der Waals surface area contributed by atoms with Crippen molar-refractivity contribution in [1.29, 1.82) is 0 Å². The zero-order valence-corrected chi connectivity index (χ0v) is 8.93. The van der Waals surface area contributed by atoms with Crippen LogP contribution in [0.2, 0.25) is 0 Å². The molecule has 0 saturated heterocycles. The molecule has 0 aliphatic carbocycles. The van der Waals surface area contributed by atoms with Crippen LogP contribution < -0.4 is 10.7 Å². The van der Waals surface area contributed by atoms with Gasteiger partial charge in [-0.05, 0) is 28.9 Å². The number of nitrogens with zero attached hydrogens (tertiary/aromatic N) is 2. The van der Waals surface area contributed by atoms with Crippen LogP contribution in [0.4, 0.5) is 0 Å². The number of nitrogens with one attached hydrogen (secondary N) is 2. The van der Waals surface area contributed by atoms with Crippen molar-refractivity contribution < 1.29 is 0 Å². The topological polar surface area (TPSA) is 39.7 Å². The lowest BCUT2D eigenvalue weighted by molar-refractivity contribution is 0.447. The van der Waals surface area contributed by atoms with Crippen LogP contribution in [-0.2, 0) is 0 Å². The highest BCUT2D eigenvalue weighted by Crippen LogP contribution is 2.19. The molecule has 0 fully saturated rings. The zero-order valence-electron chi connectivity index (χ0n) is 7.34. The predicted molar refractivity (Wildman–Crippen MR) is 56.0 cm³/mol. The number of aliphatic imine (C=N–C) groups is 1. The lowest BCUT2D eigenvalue weighted by atomic mass is 10.3. The van der Waals surface area contributed by atoms with Gasteiger partial charge in [0.05, 0.1) is 5.70 Å². The number of halogens is 1. The fourth-order valence-corrected chi connectivity index (χ4v) is 1.78. The van der Waals surface area contributed by atoms with E-state index >= 15 is 0 Å². The maximum absolute atomic E-state index is 4.33. The summed E-state index contributed by atoms with van der Waals surface area (Å²) in [7, 11) is 0. The minimum Gasteiger partial charge on any atom is -0.382 e. The SMILES string of the molecule is CCNC1=CC(Br)=CN2NCN=C12. The molecule has 0 spiro atoms. The molecule has 0 unspecified atom stereocenters. The van der Waals surface area contributed by atoms with Gasteiger partial charge >= 0.3 is 0 Å². The van der Waals surface area contributed by atoms with Gasteiger partial charge in [0.1, 0.15) is 6.67 Å². The summed E-state index contributed by atoms with van der Waals surface area (Å²) in [5, 5.41) is 5.18. The van der Waals surface area contributed by atoms with E-state index in [1.807, 2.05) is 17.3 Å². The molecule has 2 aliphatic heterocycles. The van der Waals surface area contributed by atoms with Gasteiger partial charge in [-0.15, -0.1) is 0 Å². The molecule has 0 aromatic heterocycles. The van der Waals surface area contributed by atoms with E-state index in [0.29, 0.717) is 6.67 Å². The summed E-state index contributed by atoms with van der Waals surface area (Å²) >= 11 is 3.44. The first kappa shape index (κ1) is 8.77. The summed E-state index contributed by atoms with van der Waals surface area (Å²) in [6.45, 7) is 3.62. The number of rotatable bonds is 2. The maximum atomic E-state index is 4.33. The van der Waals surface area contributed by atoms with Crippen molar-refractivity contribution in [2.24, 2.45) is 4.99 Å². The third-order valence-corrected chi connectivity index (χ3v) is 2.27. The van der Waals surface area contributed by atoms with Gasteiger partial charge in [-0.25, -0.2) is 10.4 Å². The highest BCUT2D eigenvalue weighted by atomic mass is 79.9. The molecule has 13 heavy (non-hydrogen) atoms. The van der Waals surface area contributed by atoms with Gasteiger partial charge in [0.25, 0.3) is 0 Å². The van der Waals surface area contributed by atoms with Crippen LogP contribution in [0.5, 0.6) is 0 Å². The Hall–Kier alpha value is -0.810. The predicted octanol–water partition coefficient (Wildman–Crippen LogP) is 0.906. The first-order chi connectivity index (χ1) is 6.31. The van der Waals surface area contributed by atoms with Gasteiger partial charge in [-0.2, -0.15) is 0 Å². The molecule has 0 bridgehead atoms. The van der Waals surface area contributed by atoms with Crippen LogP contribution in [0.15, 0.2) is 27.4 Å². The zero-order chi connectivity index (χ0) is 9.26. The normalized spacial score (nSPS) is 20.5. The van der Waals surface area contributed by atoms with Crippen molar-refractivity contribution in [3.63, 3.8) is 0 Å². The summed E-state index contributed by atoms with van der Waals surface area (Å²) in [5.41, 5.74) is 4.18. The average Bonchev–Trinajstić information content (AvgIpc) is 2.52. The highest BCUT2D eigenvalue weighted by Gasteiger charge is 2.21. The van der Waals surface area contributed by atoms with Gasteiger partial charge in [-0.1, -0.05) is 0 Å². The van der Waals surface area contributed by atoms with Gasteiger partial charge in [0.2, 0.25) is 0 Å². The molecule has 0 aromatic rings. The van der Waals surface area contributed by atoms with Crippen LogP contribution in [0.3, 0.4) is 0 Å². The smallest absolute Gasteiger partial charge is 0.167 e. The summed E-state index contributed by atoms with van der Waals surface area (Å²) in [6.07, 6.45) is 4.00. The Morgan fingerprint density at radius 2 is 2.62 bits per heavy atom. The molecule has 0 radical (unpaired) electrons. The van der Waals surface area contributed by atoms with E-state index in [-0.39, 0.29) is 0 Å². The molecular formula is C8H11BrN4. The van der Waals surface area contributed by atoms with Crippen LogP contribution in [0, 0.1) is 0 Å². The molecule has 2 aliphatic rings. The van der Waals surface area contributed by atoms with Gasteiger partial charge in [-0.3, -0.25) is 5.01 Å². The molecule has 5 heteroatoms. The Morgan fingerprint density at radius 1 is 1.77 bits per heavy atom. The second-order valence-electron chi connectivity index (χ2n) is 2.77. The number of hydrogen-bond acceptors (Lipinski definition) is 4. The highest BCUT2D eigenvalue weighted by molar-refractivity contribution is 9.11. The second-order valence-corrected chi connectivity index (χ2v) is 3.69. The minimum absolute atomic E-state index is 0.648. The lowest BCUT2D eigenvalue weighted by Crippen LogP contribution is -2.38. The monoisotopic (exact) mass is 242 g/mol.